The van der Waals surface area contributed by atoms with Gasteiger partial charge in [-0.25, -0.2) is 4.98 Å². The predicted molar refractivity (Wildman–Crippen MR) is 84.7 cm³/mol. The van der Waals surface area contributed by atoms with Gasteiger partial charge in [-0.3, -0.25) is 9.69 Å². The minimum atomic E-state index is 0.0894. The van der Waals surface area contributed by atoms with Gasteiger partial charge in [0.2, 0.25) is 5.91 Å². The van der Waals surface area contributed by atoms with Crippen LogP contribution in [0.4, 0.5) is 5.82 Å². The van der Waals surface area contributed by atoms with Crippen molar-refractivity contribution in [3.63, 3.8) is 0 Å². The lowest BCUT2D eigenvalue weighted by molar-refractivity contribution is -0.118. The largest absolute Gasteiger partial charge is 0.300 e. The van der Waals surface area contributed by atoms with Crippen LogP contribution in [-0.4, -0.2) is 17.9 Å². The first-order valence-electron chi connectivity index (χ1n) is 6.59. The van der Waals surface area contributed by atoms with Crippen molar-refractivity contribution in [2.75, 3.05) is 11.9 Å². The quantitative estimate of drug-likeness (QED) is 0.833. The van der Waals surface area contributed by atoms with Gasteiger partial charge in [-0.15, -0.1) is 0 Å². The minimum absolute atomic E-state index is 0.0894. The summed E-state index contributed by atoms with van der Waals surface area (Å²) < 4.78 is 0.923. The maximum Gasteiger partial charge on any atom is 0.227 e. The predicted octanol–water partition coefficient (Wildman–Crippen LogP) is 3.83. The highest BCUT2D eigenvalue weighted by Crippen LogP contribution is 2.17. The average molecular weight is 333 g/mol. The number of rotatable bonds is 5. The number of pyridine rings is 1. The Bertz CT molecular complexity index is 572. The average Bonchev–Trinajstić information content (AvgIpc) is 2.47. The molecule has 0 fully saturated rings. The Kier molecular flexibility index (Phi) is 5.30. The van der Waals surface area contributed by atoms with Crippen molar-refractivity contribution in [1.29, 1.82) is 0 Å². The van der Waals surface area contributed by atoms with Gasteiger partial charge < -0.3 is 0 Å². The first-order chi connectivity index (χ1) is 9.66. The molecule has 0 unspecified atom stereocenters. The number of carbonyl (C=O) groups excluding carboxylic acids is 1. The lowest BCUT2D eigenvalue weighted by Gasteiger charge is -2.16. The fraction of sp³-hybridized carbons (Fsp3) is 0.250. The number of halogens is 1. The van der Waals surface area contributed by atoms with E-state index in [1.54, 1.807) is 18.1 Å². The summed E-state index contributed by atoms with van der Waals surface area (Å²) in [6.45, 7) is 0. The van der Waals surface area contributed by atoms with Crippen molar-refractivity contribution in [2.24, 2.45) is 0 Å². The van der Waals surface area contributed by atoms with E-state index in [0.29, 0.717) is 12.2 Å². The first kappa shape index (κ1) is 14.7. The molecule has 3 nitrogen and oxygen atoms in total. The summed E-state index contributed by atoms with van der Waals surface area (Å²) in [5, 5.41) is 0. The zero-order valence-corrected chi connectivity index (χ0v) is 13.0. The normalized spacial score (nSPS) is 10.3. The Balaban J connectivity index is 1.85. The molecule has 2 rings (SSSR count). The lowest BCUT2D eigenvalue weighted by Crippen LogP contribution is -2.26. The highest BCUT2D eigenvalue weighted by molar-refractivity contribution is 9.10. The summed E-state index contributed by atoms with van der Waals surface area (Å²) >= 11 is 3.38. The molecule has 0 aliphatic carbocycles. The van der Waals surface area contributed by atoms with Crippen LogP contribution in [0, 0.1) is 0 Å². The molecule has 0 bridgehead atoms. The van der Waals surface area contributed by atoms with Crippen molar-refractivity contribution in [1.82, 2.24) is 4.98 Å². The molecule has 0 spiro atoms. The van der Waals surface area contributed by atoms with E-state index in [4.69, 9.17) is 0 Å². The van der Waals surface area contributed by atoms with E-state index in [1.165, 1.54) is 5.56 Å². The molecule has 4 heteroatoms. The van der Waals surface area contributed by atoms with E-state index in [0.717, 1.165) is 17.3 Å². The number of aromatic nitrogens is 1. The summed E-state index contributed by atoms with van der Waals surface area (Å²) in [6, 6.07) is 13.9. The SMILES string of the molecule is CN(C(=O)CCCc1ccccc1)c1cc(Br)ccn1. The van der Waals surface area contributed by atoms with Crippen molar-refractivity contribution in [3.05, 3.63) is 58.7 Å². The summed E-state index contributed by atoms with van der Waals surface area (Å²) in [5.41, 5.74) is 1.27. The molecule has 1 aromatic heterocycles. The van der Waals surface area contributed by atoms with Crippen LogP contribution in [0.3, 0.4) is 0 Å². The van der Waals surface area contributed by atoms with Gasteiger partial charge in [-0.05, 0) is 30.5 Å². The molecule has 0 saturated carbocycles. The molecule has 1 aromatic carbocycles. The summed E-state index contributed by atoms with van der Waals surface area (Å²) in [6.07, 6.45) is 3.99. The molecule has 0 aliphatic rings. The van der Waals surface area contributed by atoms with E-state index < -0.39 is 0 Å². The molecule has 0 atom stereocenters. The van der Waals surface area contributed by atoms with Crippen LogP contribution in [-0.2, 0) is 11.2 Å². The van der Waals surface area contributed by atoms with Crippen molar-refractivity contribution < 1.29 is 4.79 Å². The molecule has 1 heterocycles. The second kappa shape index (κ2) is 7.20. The smallest absolute Gasteiger partial charge is 0.227 e. The number of hydrogen-bond donors (Lipinski definition) is 0. The molecule has 20 heavy (non-hydrogen) atoms. The van der Waals surface area contributed by atoms with Crippen molar-refractivity contribution in [2.45, 2.75) is 19.3 Å². The van der Waals surface area contributed by atoms with E-state index in [1.807, 2.05) is 30.3 Å². The molecule has 0 N–H and O–H groups in total. The number of anilines is 1. The van der Waals surface area contributed by atoms with Crippen LogP contribution in [0.2, 0.25) is 0 Å². The van der Waals surface area contributed by atoms with Gasteiger partial charge in [0.15, 0.2) is 0 Å². The maximum atomic E-state index is 12.1. The monoisotopic (exact) mass is 332 g/mol. The highest BCUT2D eigenvalue weighted by Gasteiger charge is 2.11. The van der Waals surface area contributed by atoms with Crippen LogP contribution < -0.4 is 4.90 Å². The number of carbonyl (C=O) groups is 1. The number of nitrogens with zero attached hydrogens (tertiary/aromatic N) is 2. The van der Waals surface area contributed by atoms with E-state index in [-0.39, 0.29) is 5.91 Å². The van der Waals surface area contributed by atoms with E-state index in [9.17, 15) is 4.79 Å². The van der Waals surface area contributed by atoms with Gasteiger partial charge in [0.1, 0.15) is 5.82 Å². The Labute approximate surface area is 127 Å². The Morgan fingerprint density at radius 1 is 1.25 bits per heavy atom. The summed E-state index contributed by atoms with van der Waals surface area (Å²) in [7, 11) is 1.76. The van der Waals surface area contributed by atoms with E-state index >= 15 is 0 Å². The minimum Gasteiger partial charge on any atom is -0.300 e. The second-order valence-corrected chi connectivity index (χ2v) is 5.54. The number of hydrogen-bond acceptors (Lipinski definition) is 2. The summed E-state index contributed by atoms with van der Waals surface area (Å²) in [4.78, 5) is 17.9. The number of benzene rings is 1. The third kappa shape index (κ3) is 4.17. The maximum absolute atomic E-state index is 12.1. The van der Waals surface area contributed by atoms with Gasteiger partial charge >= 0.3 is 0 Å². The second-order valence-electron chi connectivity index (χ2n) is 4.62. The molecular formula is C16H17BrN2O. The lowest BCUT2D eigenvalue weighted by atomic mass is 10.1. The van der Waals surface area contributed by atoms with Crippen molar-refractivity contribution in [3.8, 4) is 0 Å². The van der Waals surface area contributed by atoms with Gasteiger partial charge in [0.05, 0.1) is 0 Å². The van der Waals surface area contributed by atoms with Crippen LogP contribution >= 0.6 is 15.9 Å². The number of amides is 1. The molecule has 0 saturated heterocycles. The van der Waals surface area contributed by atoms with E-state index in [2.05, 4.69) is 33.0 Å². The molecule has 2 aromatic rings. The third-order valence-electron chi connectivity index (χ3n) is 3.12. The molecule has 0 radical (unpaired) electrons. The molecule has 1 amide bonds. The molecule has 104 valence electrons. The summed E-state index contributed by atoms with van der Waals surface area (Å²) in [5.74, 6) is 0.760. The zero-order chi connectivity index (χ0) is 14.4. The molecule has 0 aliphatic heterocycles. The Morgan fingerprint density at radius 2 is 2.00 bits per heavy atom. The van der Waals surface area contributed by atoms with Crippen LogP contribution in [0.25, 0.3) is 0 Å². The molecular weight excluding hydrogens is 316 g/mol. The highest BCUT2D eigenvalue weighted by atomic mass is 79.9. The Morgan fingerprint density at radius 3 is 2.70 bits per heavy atom. The Hall–Kier alpha value is -1.68. The fourth-order valence-corrected chi connectivity index (χ4v) is 2.28. The van der Waals surface area contributed by atoms with Gasteiger partial charge in [0, 0.05) is 24.1 Å². The topological polar surface area (TPSA) is 33.2 Å². The first-order valence-corrected chi connectivity index (χ1v) is 7.38. The van der Waals surface area contributed by atoms with Gasteiger partial charge in [-0.1, -0.05) is 46.3 Å². The van der Waals surface area contributed by atoms with Crippen molar-refractivity contribution >= 4 is 27.7 Å². The zero-order valence-electron chi connectivity index (χ0n) is 11.4. The number of aryl methyl sites for hydroxylation is 1. The van der Waals surface area contributed by atoms with Crippen LogP contribution in [0.15, 0.2) is 53.1 Å². The third-order valence-corrected chi connectivity index (χ3v) is 3.62. The standard InChI is InChI=1S/C16H17BrN2O/c1-19(15-12-14(17)10-11-18-15)16(20)9-5-8-13-6-3-2-4-7-13/h2-4,6-7,10-12H,5,8-9H2,1H3. The van der Waals surface area contributed by atoms with Gasteiger partial charge in [-0.2, -0.15) is 0 Å². The van der Waals surface area contributed by atoms with Crippen LogP contribution in [0.5, 0.6) is 0 Å². The van der Waals surface area contributed by atoms with Crippen LogP contribution in [0.1, 0.15) is 18.4 Å². The fourth-order valence-electron chi connectivity index (χ4n) is 1.96. The van der Waals surface area contributed by atoms with Gasteiger partial charge in [0.25, 0.3) is 0 Å².